The summed E-state index contributed by atoms with van der Waals surface area (Å²) in [5.41, 5.74) is 0.289. The van der Waals surface area contributed by atoms with Crippen LogP contribution >= 0.6 is 11.3 Å². The van der Waals surface area contributed by atoms with E-state index in [0.717, 1.165) is 43.4 Å². The number of alkyl halides is 1. The van der Waals surface area contributed by atoms with Crippen molar-refractivity contribution in [2.24, 2.45) is 11.3 Å². The second-order valence-electron chi connectivity index (χ2n) is 9.14. The van der Waals surface area contributed by atoms with Gasteiger partial charge in [0.15, 0.2) is 0 Å². The van der Waals surface area contributed by atoms with Crippen molar-refractivity contribution in [2.45, 2.75) is 74.7 Å². The number of thiophene rings is 1. The molecule has 2 heterocycles. The second-order valence-corrected chi connectivity index (χ2v) is 12.3. The van der Waals surface area contributed by atoms with E-state index in [1.54, 1.807) is 6.92 Å². The molecular formula is C21H29FN2O5S2. The van der Waals surface area contributed by atoms with Crippen molar-refractivity contribution in [3.8, 4) is 0 Å². The number of hydrogen-bond acceptors (Lipinski definition) is 6. The molecule has 2 aliphatic carbocycles. The first-order chi connectivity index (χ1) is 14.7. The maximum absolute atomic E-state index is 13.0. The minimum Gasteiger partial charge on any atom is -0.381 e. The number of ether oxygens (including phenoxy) is 1. The van der Waals surface area contributed by atoms with Gasteiger partial charge in [-0.25, -0.2) is 17.5 Å². The molecule has 2 saturated carbocycles. The smallest absolute Gasteiger partial charge is 0.273 e. The number of rotatable bonds is 6. The van der Waals surface area contributed by atoms with E-state index >= 15 is 0 Å². The van der Waals surface area contributed by atoms with Crippen molar-refractivity contribution in [3.05, 3.63) is 16.5 Å². The van der Waals surface area contributed by atoms with E-state index in [0.29, 0.717) is 36.5 Å². The van der Waals surface area contributed by atoms with Crippen LogP contribution in [0, 0.1) is 18.3 Å². The lowest BCUT2D eigenvalue weighted by atomic mass is 9.76. The molecule has 31 heavy (non-hydrogen) atoms. The zero-order valence-corrected chi connectivity index (χ0v) is 19.2. The van der Waals surface area contributed by atoms with Gasteiger partial charge in [0, 0.05) is 29.4 Å². The van der Waals surface area contributed by atoms with Gasteiger partial charge in [0.2, 0.25) is 5.91 Å². The topological polar surface area (TPSA) is 102 Å². The van der Waals surface area contributed by atoms with Gasteiger partial charge in [0.1, 0.15) is 10.4 Å². The summed E-state index contributed by atoms with van der Waals surface area (Å²) >= 11 is 0.968. The number of amides is 2. The Morgan fingerprint density at radius 3 is 2.68 bits per heavy atom. The Kier molecular flexibility index (Phi) is 6.42. The molecule has 1 aromatic rings. The zero-order valence-electron chi connectivity index (χ0n) is 17.6. The predicted molar refractivity (Wildman–Crippen MR) is 114 cm³/mol. The average Bonchev–Trinajstić information content (AvgIpc) is 3.30. The largest absolute Gasteiger partial charge is 0.381 e. The summed E-state index contributed by atoms with van der Waals surface area (Å²) in [6.07, 6.45) is 4.74. The Hall–Kier alpha value is -1.52. The predicted octanol–water partition coefficient (Wildman–Crippen LogP) is 3.08. The molecule has 172 valence electrons. The molecule has 0 aromatic carbocycles. The van der Waals surface area contributed by atoms with E-state index in [-0.39, 0.29) is 33.9 Å². The average molecular weight is 473 g/mol. The van der Waals surface area contributed by atoms with Crippen molar-refractivity contribution in [1.29, 1.82) is 0 Å². The van der Waals surface area contributed by atoms with Crippen molar-refractivity contribution < 1.29 is 27.1 Å². The fraction of sp³-hybridized carbons (Fsp3) is 0.714. The SMILES string of the molecule is Cc1sc(S(=O)(=O)NC(=O)CC2CC(F)C2)cc1C(=O)NC1CCOCC12CCCC2. The lowest BCUT2D eigenvalue weighted by Gasteiger charge is -2.41. The monoisotopic (exact) mass is 472 g/mol. The van der Waals surface area contributed by atoms with Crippen molar-refractivity contribution >= 4 is 33.2 Å². The van der Waals surface area contributed by atoms with Gasteiger partial charge < -0.3 is 10.1 Å². The summed E-state index contributed by atoms with van der Waals surface area (Å²) in [6.45, 7) is 2.95. The standard InChI is InChI=1S/C21H29FN2O5S2/c1-13-16(20(26)23-17-4-7-29-12-21(17)5-2-3-6-21)11-19(30-13)31(27,28)24-18(25)10-14-8-15(22)9-14/h11,14-15,17H,2-10,12H2,1H3,(H,23,26)(H,24,25). The summed E-state index contributed by atoms with van der Waals surface area (Å²) in [5, 5.41) is 3.13. The Labute approximate surface area is 186 Å². The molecular weight excluding hydrogens is 443 g/mol. The molecule has 1 atom stereocenters. The third-order valence-electron chi connectivity index (χ3n) is 6.89. The van der Waals surface area contributed by atoms with Crippen molar-refractivity contribution in [2.75, 3.05) is 13.2 Å². The van der Waals surface area contributed by atoms with Gasteiger partial charge in [0.05, 0.1) is 12.2 Å². The van der Waals surface area contributed by atoms with E-state index in [2.05, 4.69) is 10.0 Å². The molecule has 0 radical (unpaired) electrons. The normalized spacial score (nSPS) is 27.6. The second kappa shape index (κ2) is 8.78. The van der Waals surface area contributed by atoms with Crippen LogP contribution in [0.5, 0.6) is 0 Å². The van der Waals surface area contributed by atoms with E-state index in [1.807, 2.05) is 0 Å². The Morgan fingerprint density at radius 2 is 2.00 bits per heavy atom. The van der Waals surface area contributed by atoms with Crippen LogP contribution in [0.1, 0.15) is 66.6 Å². The number of nitrogens with one attached hydrogen (secondary N) is 2. The fourth-order valence-corrected chi connectivity index (χ4v) is 7.49. The Bertz CT molecular complexity index is 949. The molecule has 7 nitrogen and oxygen atoms in total. The first kappa shape index (κ1) is 22.7. The minimum atomic E-state index is -4.07. The van der Waals surface area contributed by atoms with Gasteiger partial charge in [-0.05, 0) is 51.0 Å². The number of hydrogen-bond donors (Lipinski definition) is 2. The van der Waals surface area contributed by atoms with Crippen LogP contribution in [0.2, 0.25) is 0 Å². The Balaban J connectivity index is 1.42. The van der Waals surface area contributed by atoms with Crippen LogP contribution < -0.4 is 10.0 Å². The summed E-state index contributed by atoms with van der Waals surface area (Å²) in [7, 11) is -4.07. The number of carbonyl (C=O) groups excluding carboxylic acids is 2. The molecule has 1 saturated heterocycles. The molecule has 4 rings (SSSR count). The number of aryl methyl sites for hydroxylation is 1. The zero-order chi connectivity index (χ0) is 22.2. The number of carbonyl (C=O) groups is 2. The van der Waals surface area contributed by atoms with Crippen molar-refractivity contribution in [1.82, 2.24) is 10.0 Å². The number of halogens is 1. The first-order valence-electron chi connectivity index (χ1n) is 10.9. The highest BCUT2D eigenvalue weighted by Crippen LogP contribution is 2.44. The molecule has 2 N–H and O–H groups in total. The lowest BCUT2D eigenvalue weighted by Crippen LogP contribution is -2.52. The van der Waals surface area contributed by atoms with Gasteiger partial charge in [-0.3, -0.25) is 9.59 Å². The molecule has 1 aliphatic heterocycles. The molecule has 3 aliphatic rings. The van der Waals surface area contributed by atoms with Crippen LogP contribution in [0.3, 0.4) is 0 Å². The molecule has 3 fully saturated rings. The summed E-state index contributed by atoms with van der Waals surface area (Å²) in [5.74, 6) is -1.04. The highest BCUT2D eigenvalue weighted by Gasteiger charge is 2.44. The molecule has 1 aromatic heterocycles. The van der Waals surface area contributed by atoms with Gasteiger partial charge in [-0.1, -0.05) is 12.8 Å². The van der Waals surface area contributed by atoms with Gasteiger partial charge >= 0.3 is 0 Å². The summed E-state index contributed by atoms with van der Waals surface area (Å²) in [6, 6.07) is 1.35. The van der Waals surface area contributed by atoms with Gasteiger partial charge in [-0.15, -0.1) is 11.3 Å². The maximum atomic E-state index is 13.0. The minimum absolute atomic E-state index is 0.0107. The number of sulfonamides is 1. The molecule has 0 bridgehead atoms. The molecule has 1 unspecified atom stereocenters. The molecule has 1 spiro atoms. The quantitative estimate of drug-likeness (QED) is 0.663. The Morgan fingerprint density at radius 1 is 1.29 bits per heavy atom. The fourth-order valence-electron chi connectivity index (χ4n) is 5.05. The van der Waals surface area contributed by atoms with Crippen LogP contribution in [-0.4, -0.2) is 45.7 Å². The van der Waals surface area contributed by atoms with Gasteiger partial charge in [0.25, 0.3) is 15.9 Å². The molecule has 10 heteroatoms. The first-order valence-corrected chi connectivity index (χ1v) is 13.2. The van der Waals surface area contributed by atoms with Crippen LogP contribution in [0.25, 0.3) is 0 Å². The highest BCUT2D eigenvalue weighted by molar-refractivity contribution is 7.92. The van der Waals surface area contributed by atoms with E-state index < -0.39 is 22.1 Å². The van der Waals surface area contributed by atoms with E-state index in [1.165, 1.54) is 6.07 Å². The highest BCUT2D eigenvalue weighted by atomic mass is 32.2. The summed E-state index contributed by atoms with van der Waals surface area (Å²) in [4.78, 5) is 25.7. The molecule has 2 amide bonds. The van der Waals surface area contributed by atoms with Crippen LogP contribution in [-0.2, 0) is 19.6 Å². The van der Waals surface area contributed by atoms with E-state index in [4.69, 9.17) is 4.74 Å². The van der Waals surface area contributed by atoms with Gasteiger partial charge in [-0.2, -0.15) is 0 Å². The van der Waals surface area contributed by atoms with Crippen molar-refractivity contribution in [3.63, 3.8) is 0 Å². The third kappa shape index (κ3) is 4.80. The van der Waals surface area contributed by atoms with E-state index in [9.17, 15) is 22.4 Å². The van der Waals surface area contributed by atoms with Crippen LogP contribution in [0.4, 0.5) is 4.39 Å². The van der Waals surface area contributed by atoms with Crippen LogP contribution in [0.15, 0.2) is 10.3 Å². The maximum Gasteiger partial charge on any atom is 0.273 e. The lowest BCUT2D eigenvalue weighted by molar-refractivity contribution is -0.121. The summed E-state index contributed by atoms with van der Waals surface area (Å²) < 4.78 is 45.9. The third-order valence-corrected chi connectivity index (χ3v) is 9.79.